The molecule has 0 saturated carbocycles. The molecule has 5 nitrogen and oxygen atoms in total. The van der Waals surface area contributed by atoms with E-state index >= 15 is 0 Å². The van der Waals surface area contributed by atoms with Gasteiger partial charge in [0.05, 0.1) is 0 Å². The lowest BCUT2D eigenvalue weighted by Gasteiger charge is -2.28. The lowest BCUT2D eigenvalue weighted by atomic mass is 9.93. The van der Waals surface area contributed by atoms with Gasteiger partial charge in [-0.1, -0.05) is 37.3 Å². The Kier molecular flexibility index (Phi) is 6.32. The zero-order valence-corrected chi connectivity index (χ0v) is 10.8. The highest BCUT2D eigenvalue weighted by molar-refractivity contribution is 5.18. The van der Waals surface area contributed by atoms with Crippen LogP contribution in [0.2, 0.25) is 0 Å². The molecular formula is C13H20N3O2-. The van der Waals surface area contributed by atoms with E-state index in [1.807, 2.05) is 37.3 Å². The summed E-state index contributed by atoms with van der Waals surface area (Å²) in [6, 6.07) is 9.54. The predicted octanol–water partition coefficient (Wildman–Crippen LogP) is 2.64. The average molecular weight is 250 g/mol. The van der Waals surface area contributed by atoms with Gasteiger partial charge in [0, 0.05) is 13.0 Å². The predicted molar refractivity (Wildman–Crippen MR) is 69.5 cm³/mol. The molecule has 1 aromatic carbocycles. The van der Waals surface area contributed by atoms with E-state index in [9.17, 15) is 5.11 Å². The maximum absolute atomic E-state index is 9.74. The molecule has 0 aromatic heterocycles. The number of hydrogen-bond acceptors (Lipinski definition) is 3. The number of ether oxygens (including phenoxy) is 1. The zero-order valence-electron chi connectivity index (χ0n) is 10.8. The summed E-state index contributed by atoms with van der Waals surface area (Å²) >= 11 is 0. The van der Waals surface area contributed by atoms with Gasteiger partial charge < -0.3 is 20.8 Å². The van der Waals surface area contributed by atoms with Crippen LogP contribution in [-0.4, -0.2) is 18.5 Å². The molecule has 1 aromatic rings. The fourth-order valence-electron chi connectivity index (χ4n) is 2.00. The highest BCUT2D eigenvalue weighted by Gasteiger charge is 2.20. The monoisotopic (exact) mass is 250 g/mol. The molecule has 0 radical (unpaired) electrons. The Morgan fingerprint density at radius 2 is 2.06 bits per heavy atom. The molecule has 0 saturated heterocycles. The van der Waals surface area contributed by atoms with Crippen molar-refractivity contribution >= 4 is 0 Å². The maximum Gasteiger partial charge on any atom is 0.156 e. The van der Waals surface area contributed by atoms with E-state index in [2.05, 4.69) is 10.6 Å². The Bertz CT molecular complexity index is 345. The molecule has 0 bridgehead atoms. The van der Waals surface area contributed by atoms with E-state index in [0.29, 0.717) is 6.42 Å². The molecule has 0 fully saturated rings. The third-order valence-electron chi connectivity index (χ3n) is 3.12. The minimum absolute atomic E-state index is 0.0190. The molecule has 2 N–H and O–H groups in total. The van der Waals surface area contributed by atoms with Crippen molar-refractivity contribution in [3.8, 4) is 0 Å². The molecule has 1 rings (SSSR count). The van der Waals surface area contributed by atoms with Gasteiger partial charge in [-0.15, -0.1) is 0 Å². The quantitative estimate of drug-likeness (QED) is 0.423. The van der Waals surface area contributed by atoms with Gasteiger partial charge in [0.2, 0.25) is 0 Å². The Hall–Kier alpha value is -1.46. The van der Waals surface area contributed by atoms with E-state index in [-0.39, 0.29) is 12.0 Å². The molecular weight excluding hydrogens is 230 g/mol. The standard InChI is InChI=1S/C13H20N3O2/c1-3-10(13(17)18-2)9-12(15-16-14)11-7-5-4-6-8-11/h4-8,10,12-13,17H,3,9H2,1-2H3,(H-,14,15)/q-1. The fourth-order valence-corrected chi connectivity index (χ4v) is 2.00. The highest BCUT2D eigenvalue weighted by atomic mass is 16.6. The zero-order chi connectivity index (χ0) is 13.4. The fraction of sp³-hybridized carbons (Fsp3) is 0.538. The molecule has 100 valence electrons. The Morgan fingerprint density at radius 1 is 1.39 bits per heavy atom. The number of nitrogens with one attached hydrogen (secondary N) is 1. The molecule has 18 heavy (non-hydrogen) atoms. The van der Waals surface area contributed by atoms with Crippen LogP contribution >= 0.6 is 0 Å². The summed E-state index contributed by atoms with van der Waals surface area (Å²) in [5, 5.41) is 12.8. The van der Waals surface area contributed by atoms with Crippen molar-refractivity contribution in [2.24, 2.45) is 11.1 Å². The number of aliphatic hydroxyl groups is 1. The van der Waals surface area contributed by atoms with Crippen molar-refractivity contribution in [2.45, 2.75) is 32.1 Å². The normalized spacial score (nSPS) is 15.7. The number of methoxy groups -OCH3 is 1. The second kappa shape index (κ2) is 7.79. The number of nitrogens with zero attached hydrogens (tertiary/aromatic N) is 2. The minimum atomic E-state index is -0.804. The van der Waals surface area contributed by atoms with Crippen LogP contribution in [0.1, 0.15) is 31.4 Å². The molecule has 0 amide bonds. The summed E-state index contributed by atoms with van der Waals surface area (Å²) in [7, 11) is 1.48. The van der Waals surface area contributed by atoms with Crippen LogP contribution in [-0.2, 0) is 4.74 Å². The topological polar surface area (TPSA) is 76.2 Å². The smallest absolute Gasteiger partial charge is 0.156 e. The summed E-state index contributed by atoms with van der Waals surface area (Å²) in [4.78, 5) is 0. The van der Waals surface area contributed by atoms with Gasteiger partial charge in [0.15, 0.2) is 6.29 Å². The molecule has 0 aliphatic heterocycles. The highest BCUT2D eigenvalue weighted by Crippen LogP contribution is 2.25. The van der Waals surface area contributed by atoms with Crippen LogP contribution in [0.4, 0.5) is 0 Å². The average Bonchev–Trinajstić information content (AvgIpc) is 2.43. The first-order valence-electron chi connectivity index (χ1n) is 6.08. The van der Waals surface area contributed by atoms with Crippen molar-refractivity contribution < 1.29 is 9.84 Å². The second-order valence-electron chi connectivity index (χ2n) is 4.22. The number of aliphatic hydroxyl groups excluding tert-OH is 1. The van der Waals surface area contributed by atoms with Gasteiger partial charge >= 0.3 is 0 Å². The van der Waals surface area contributed by atoms with Crippen molar-refractivity contribution in [1.82, 2.24) is 5.43 Å². The van der Waals surface area contributed by atoms with Crippen LogP contribution < -0.4 is 5.43 Å². The first-order chi connectivity index (χ1) is 8.72. The number of rotatable bonds is 8. The molecule has 5 heteroatoms. The number of hydrogen-bond donors (Lipinski definition) is 2. The molecule has 0 aliphatic carbocycles. The van der Waals surface area contributed by atoms with E-state index in [0.717, 1.165) is 12.0 Å². The van der Waals surface area contributed by atoms with Crippen LogP contribution in [0.15, 0.2) is 35.6 Å². The van der Waals surface area contributed by atoms with Crippen molar-refractivity contribution in [3.05, 3.63) is 41.4 Å². The summed E-state index contributed by atoms with van der Waals surface area (Å²) in [5.41, 5.74) is 12.4. The summed E-state index contributed by atoms with van der Waals surface area (Å²) in [6.07, 6.45) is 0.604. The van der Waals surface area contributed by atoms with Gasteiger partial charge in [-0.05, 0) is 24.4 Å². The SMILES string of the molecule is CCC(CC(NN=[N-])c1ccccc1)C(O)OC. The van der Waals surface area contributed by atoms with E-state index in [1.54, 1.807) is 0 Å². The lowest BCUT2D eigenvalue weighted by Crippen LogP contribution is -2.27. The third-order valence-corrected chi connectivity index (χ3v) is 3.12. The lowest BCUT2D eigenvalue weighted by molar-refractivity contribution is -0.117. The molecule has 0 aliphatic rings. The summed E-state index contributed by atoms with van der Waals surface area (Å²) < 4.78 is 4.95. The van der Waals surface area contributed by atoms with Gasteiger partial charge in [0.1, 0.15) is 0 Å². The van der Waals surface area contributed by atoms with E-state index < -0.39 is 6.29 Å². The second-order valence-corrected chi connectivity index (χ2v) is 4.22. The first kappa shape index (κ1) is 14.6. The van der Waals surface area contributed by atoms with Crippen LogP contribution in [0, 0.1) is 5.92 Å². The molecule has 3 atom stereocenters. The molecule has 3 unspecified atom stereocenters. The third kappa shape index (κ3) is 4.09. The van der Waals surface area contributed by atoms with Gasteiger partial charge in [-0.2, -0.15) is 0 Å². The van der Waals surface area contributed by atoms with Gasteiger partial charge in [0.25, 0.3) is 0 Å². The Balaban J connectivity index is 2.76. The summed E-state index contributed by atoms with van der Waals surface area (Å²) in [6.45, 7) is 1.99. The largest absolute Gasteiger partial charge is 0.407 e. The van der Waals surface area contributed by atoms with Crippen molar-refractivity contribution in [3.63, 3.8) is 0 Å². The van der Waals surface area contributed by atoms with Crippen molar-refractivity contribution in [1.29, 1.82) is 0 Å². The van der Waals surface area contributed by atoms with Crippen LogP contribution in [0.25, 0.3) is 5.53 Å². The van der Waals surface area contributed by atoms with Gasteiger partial charge in [-0.25, -0.2) is 0 Å². The Morgan fingerprint density at radius 3 is 2.56 bits per heavy atom. The summed E-state index contributed by atoms with van der Waals surface area (Å²) in [5.74, 6) is -0.0190. The van der Waals surface area contributed by atoms with E-state index in [4.69, 9.17) is 10.3 Å². The minimum Gasteiger partial charge on any atom is -0.407 e. The molecule has 0 heterocycles. The molecule has 0 spiro atoms. The van der Waals surface area contributed by atoms with Crippen LogP contribution in [0.3, 0.4) is 0 Å². The van der Waals surface area contributed by atoms with Gasteiger partial charge in [-0.3, -0.25) is 5.22 Å². The van der Waals surface area contributed by atoms with Crippen molar-refractivity contribution in [2.75, 3.05) is 7.11 Å². The maximum atomic E-state index is 9.74. The van der Waals surface area contributed by atoms with E-state index in [1.165, 1.54) is 7.11 Å². The first-order valence-corrected chi connectivity index (χ1v) is 6.08. The Labute approximate surface area is 108 Å². The van der Waals surface area contributed by atoms with Crippen LogP contribution in [0.5, 0.6) is 0 Å². The number of benzene rings is 1.